The van der Waals surface area contributed by atoms with Crippen LogP contribution in [-0.4, -0.2) is 12.0 Å². The van der Waals surface area contributed by atoms with E-state index >= 15 is 0 Å². The first-order chi connectivity index (χ1) is 9.83. The summed E-state index contributed by atoms with van der Waals surface area (Å²) in [6, 6.07) is 13.4. The molecule has 0 aliphatic heterocycles. The molecule has 2 aromatic heterocycles. The lowest BCUT2D eigenvalue weighted by Gasteiger charge is -2.10. The number of pyridine rings is 1. The van der Waals surface area contributed by atoms with E-state index in [1.165, 1.54) is 26.1 Å². The molecule has 0 spiro atoms. The van der Waals surface area contributed by atoms with Crippen LogP contribution < -0.4 is 5.32 Å². The number of rotatable bonds is 4. The van der Waals surface area contributed by atoms with Crippen molar-refractivity contribution in [2.45, 2.75) is 19.4 Å². The fraction of sp³-hybridized carbons (Fsp3) is 0.235. The Kier molecular flexibility index (Phi) is 3.81. The van der Waals surface area contributed by atoms with Crippen LogP contribution in [0, 0.1) is 0 Å². The minimum absolute atomic E-state index is 0.446. The van der Waals surface area contributed by atoms with E-state index in [1.54, 1.807) is 0 Å². The fourth-order valence-electron chi connectivity index (χ4n) is 2.56. The Balaban J connectivity index is 2.08. The van der Waals surface area contributed by atoms with Gasteiger partial charge in [-0.3, -0.25) is 4.98 Å². The van der Waals surface area contributed by atoms with Crippen LogP contribution in [-0.2, 0) is 0 Å². The lowest BCUT2D eigenvalue weighted by molar-refractivity contribution is 0.586. The smallest absolute Gasteiger partial charge is 0.0409 e. The largest absolute Gasteiger partial charge is 0.312 e. The molecule has 1 atom stereocenters. The van der Waals surface area contributed by atoms with Crippen molar-refractivity contribution in [3.63, 3.8) is 0 Å². The molecule has 2 nitrogen and oxygen atoms in total. The molecule has 3 aromatic rings. The molecule has 3 rings (SSSR count). The highest BCUT2D eigenvalue weighted by atomic mass is 32.1. The maximum atomic E-state index is 4.27. The van der Waals surface area contributed by atoms with Crippen molar-refractivity contribution in [2.75, 3.05) is 7.05 Å². The molecular weight excluding hydrogens is 264 g/mol. The van der Waals surface area contributed by atoms with E-state index in [4.69, 9.17) is 0 Å². The summed E-state index contributed by atoms with van der Waals surface area (Å²) in [7, 11) is 2.02. The highest BCUT2D eigenvalue weighted by Crippen LogP contribution is 2.35. The van der Waals surface area contributed by atoms with Crippen molar-refractivity contribution in [3.8, 4) is 10.4 Å². The normalized spacial score (nSPS) is 12.7. The van der Waals surface area contributed by atoms with Gasteiger partial charge in [0.25, 0.3) is 0 Å². The molecule has 0 amide bonds. The average molecular weight is 282 g/mol. The number of nitrogens with one attached hydrogen (secondary N) is 1. The Morgan fingerprint density at radius 1 is 1.20 bits per heavy atom. The van der Waals surface area contributed by atoms with E-state index in [2.05, 4.69) is 53.6 Å². The van der Waals surface area contributed by atoms with Gasteiger partial charge in [0.1, 0.15) is 0 Å². The Labute approximate surface area is 123 Å². The predicted molar refractivity (Wildman–Crippen MR) is 87.1 cm³/mol. The Bertz CT molecular complexity index is 708. The van der Waals surface area contributed by atoms with E-state index in [-0.39, 0.29) is 0 Å². The Morgan fingerprint density at radius 3 is 2.90 bits per heavy atom. The summed E-state index contributed by atoms with van der Waals surface area (Å²) in [4.78, 5) is 6.97. The second-order valence-corrected chi connectivity index (χ2v) is 5.97. The van der Waals surface area contributed by atoms with Gasteiger partial charge in [0.15, 0.2) is 0 Å². The molecule has 0 bridgehead atoms. The maximum Gasteiger partial charge on any atom is 0.0409 e. The first kappa shape index (κ1) is 13.3. The molecule has 0 saturated heterocycles. The molecule has 3 heteroatoms. The van der Waals surface area contributed by atoms with Crippen LogP contribution in [0.3, 0.4) is 0 Å². The van der Waals surface area contributed by atoms with Gasteiger partial charge < -0.3 is 5.32 Å². The van der Waals surface area contributed by atoms with Gasteiger partial charge in [-0.1, -0.05) is 25.1 Å². The number of aromatic nitrogens is 1. The Morgan fingerprint density at radius 2 is 2.10 bits per heavy atom. The van der Waals surface area contributed by atoms with Gasteiger partial charge in [0.05, 0.1) is 0 Å². The minimum atomic E-state index is 0.446. The summed E-state index contributed by atoms with van der Waals surface area (Å²) >= 11 is 1.87. The van der Waals surface area contributed by atoms with Crippen LogP contribution in [0.2, 0.25) is 0 Å². The lowest BCUT2D eigenvalue weighted by atomic mass is 10.1. The first-order valence-corrected chi connectivity index (χ1v) is 7.75. The van der Waals surface area contributed by atoms with Gasteiger partial charge >= 0.3 is 0 Å². The Hall–Kier alpha value is -1.71. The van der Waals surface area contributed by atoms with E-state index in [0.717, 1.165) is 6.42 Å². The molecule has 1 aromatic carbocycles. The van der Waals surface area contributed by atoms with Crippen molar-refractivity contribution in [1.29, 1.82) is 0 Å². The third kappa shape index (κ3) is 2.35. The van der Waals surface area contributed by atoms with Crippen LogP contribution in [0.1, 0.15) is 24.3 Å². The van der Waals surface area contributed by atoms with Gasteiger partial charge in [0.2, 0.25) is 0 Å². The first-order valence-electron chi connectivity index (χ1n) is 6.93. The summed E-state index contributed by atoms with van der Waals surface area (Å²) in [6.07, 6.45) is 4.91. The third-order valence-electron chi connectivity index (χ3n) is 3.68. The molecule has 102 valence electrons. The van der Waals surface area contributed by atoms with Crippen LogP contribution in [0.4, 0.5) is 0 Å². The van der Waals surface area contributed by atoms with Crippen molar-refractivity contribution in [1.82, 2.24) is 10.3 Å². The quantitative estimate of drug-likeness (QED) is 0.754. The molecular formula is C17H18N2S. The highest BCUT2D eigenvalue weighted by molar-refractivity contribution is 7.15. The van der Waals surface area contributed by atoms with Crippen LogP contribution in [0.25, 0.3) is 21.2 Å². The number of hydrogen-bond donors (Lipinski definition) is 1. The molecule has 1 unspecified atom stereocenters. The van der Waals surface area contributed by atoms with Crippen molar-refractivity contribution in [2.24, 2.45) is 0 Å². The molecule has 0 aliphatic carbocycles. The van der Waals surface area contributed by atoms with E-state index in [9.17, 15) is 0 Å². The van der Waals surface area contributed by atoms with Gasteiger partial charge in [-0.25, -0.2) is 0 Å². The van der Waals surface area contributed by atoms with Gasteiger partial charge in [-0.05, 0) is 37.1 Å². The number of thiophene rings is 1. The maximum absolute atomic E-state index is 4.27. The zero-order valence-electron chi connectivity index (χ0n) is 11.8. The van der Waals surface area contributed by atoms with Crippen LogP contribution in [0.5, 0.6) is 0 Å². The summed E-state index contributed by atoms with van der Waals surface area (Å²) in [6.45, 7) is 2.21. The second kappa shape index (κ2) is 5.73. The fourth-order valence-corrected chi connectivity index (χ4v) is 3.80. The zero-order valence-corrected chi connectivity index (χ0v) is 12.6. The van der Waals surface area contributed by atoms with E-state index < -0.39 is 0 Å². The summed E-state index contributed by atoms with van der Waals surface area (Å²) < 4.78 is 0. The monoisotopic (exact) mass is 282 g/mol. The molecule has 20 heavy (non-hydrogen) atoms. The SMILES string of the molecule is CCC(NC)c1ccc(-c2cccc3ccncc23)s1. The zero-order chi connectivity index (χ0) is 13.9. The van der Waals surface area contributed by atoms with Gasteiger partial charge in [0, 0.05) is 39.1 Å². The molecule has 0 radical (unpaired) electrons. The molecule has 0 fully saturated rings. The van der Waals surface area contributed by atoms with Crippen LogP contribution in [0.15, 0.2) is 48.8 Å². The summed E-state index contributed by atoms with van der Waals surface area (Å²) in [5.74, 6) is 0. The van der Waals surface area contributed by atoms with Crippen molar-refractivity contribution in [3.05, 3.63) is 53.7 Å². The molecule has 0 aliphatic rings. The lowest BCUT2D eigenvalue weighted by Crippen LogP contribution is -2.13. The second-order valence-electron chi connectivity index (χ2n) is 4.85. The van der Waals surface area contributed by atoms with Crippen molar-refractivity contribution >= 4 is 22.1 Å². The molecule has 0 saturated carbocycles. The molecule has 1 N–H and O–H groups in total. The predicted octanol–water partition coefficient (Wildman–Crippen LogP) is 4.63. The van der Waals surface area contributed by atoms with Crippen molar-refractivity contribution < 1.29 is 0 Å². The summed E-state index contributed by atoms with van der Waals surface area (Å²) in [5, 5.41) is 5.83. The van der Waals surface area contributed by atoms with Crippen LogP contribution >= 0.6 is 11.3 Å². The highest BCUT2D eigenvalue weighted by Gasteiger charge is 2.12. The number of fused-ring (bicyclic) bond motifs is 1. The third-order valence-corrected chi connectivity index (χ3v) is 4.91. The minimum Gasteiger partial charge on any atom is -0.312 e. The van der Waals surface area contributed by atoms with Gasteiger partial charge in [-0.15, -0.1) is 11.3 Å². The number of benzene rings is 1. The molecule has 2 heterocycles. The topological polar surface area (TPSA) is 24.9 Å². The van der Waals surface area contributed by atoms with Gasteiger partial charge in [-0.2, -0.15) is 0 Å². The van der Waals surface area contributed by atoms with E-state index in [0.29, 0.717) is 6.04 Å². The van der Waals surface area contributed by atoms with E-state index in [1.807, 2.05) is 30.8 Å². The number of hydrogen-bond acceptors (Lipinski definition) is 3. The average Bonchev–Trinajstić information content (AvgIpc) is 2.97. The number of nitrogens with zero attached hydrogens (tertiary/aromatic N) is 1. The standard InChI is InChI=1S/C17H18N2S/c1-3-15(18-2)17-8-7-16(20-17)13-6-4-5-12-9-10-19-11-14(12)13/h4-11,15,18H,3H2,1-2H3. The summed E-state index contributed by atoms with van der Waals surface area (Å²) in [5.41, 5.74) is 1.28.